The molecule has 17 heavy (non-hydrogen) atoms. The monoisotopic (exact) mass is 259 g/mol. The Morgan fingerprint density at radius 2 is 2.00 bits per heavy atom. The number of carbonyl (C=O) groups excluding carboxylic acids is 1. The molecule has 0 saturated heterocycles. The number of hydrogen-bond acceptors (Lipinski definition) is 3. The van der Waals surface area contributed by atoms with Crippen LogP contribution in [0.3, 0.4) is 0 Å². The predicted octanol–water partition coefficient (Wildman–Crippen LogP) is 1.75. The van der Waals surface area contributed by atoms with Crippen LogP contribution in [-0.4, -0.2) is 34.5 Å². The molecule has 0 heterocycles. The van der Waals surface area contributed by atoms with Crippen LogP contribution in [0.2, 0.25) is 0 Å². The number of hydrogen-bond donors (Lipinski definition) is 2. The average molecular weight is 259 g/mol. The zero-order chi connectivity index (χ0) is 12.8. The van der Waals surface area contributed by atoms with E-state index in [1.54, 1.807) is 0 Å². The first-order valence-corrected chi connectivity index (χ1v) is 7.25. The zero-order valence-corrected chi connectivity index (χ0v) is 11.3. The number of carboxylic acid groups (broad SMARTS) is 1. The third-order valence-corrected chi connectivity index (χ3v) is 4.43. The zero-order valence-electron chi connectivity index (χ0n) is 10.4. The molecule has 1 saturated carbocycles. The Bertz CT molecular complexity index is 283. The Labute approximate surface area is 107 Å². The fourth-order valence-corrected chi connectivity index (χ4v) is 2.81. The molecule has 2 N–H and O–H groups in total. The van der Waals surface area contributed by atoms with E-state index >= 15 is 0 Å². The maximum absolute atomic E-state index is 11.6. The van der Waals surface area contributed by atoms with Crippen LogP contribution < -0.4 is 5.32 Å². The van der Waals surface area contributed by atoms with Crippen molar-refractivity contribution < 1.29 is 14.7 Å². The van der Waals surface area contributed by atoms with Crippen molar-refractivity contribution in [2.45, 2.75) is 39.2 Å². The van der Waals surface area contributed by atoms with Crippen LogP contribution in [0.25, 0.3) is 0 Å². The summed E-state index contributed by atoms with van der Waals surface area (Å²) < 4.78 is 0. The number of rotatable bonds is 5. The standard InChI is InChI=1S/C12H21NO3S/c1-8-4-3-5-10(9(8)2)13-11(14)6-17-7-12(15)16/h8-10H,3-7H2,1-2H3,(H,13,14)(H,15,16)/t8-,9+,10+/m1/s1. The summed E-state index contributed by atoms with van der Waals surface area (Å²) in [6.07, 6.45) is 3.45. The summed E-state index contributed by atoms with van der Waals surface area (Å²) in [5, 5.41) is 11.5. The Balaban J connectivity index is 2.27. The summed E-state index contributed by atoms with van der Waals surface area (Å²) >= 11 is 1.15. The van der Waals surface area contributed by atoms with Gasteiger partial charge in [-0.3, -0.25) is 9.59 Å². The highest BCUT2D eigenvalue weighted by Gasteiger charge is 2.27. The molecule has 1 amide bonds. The lowest BCUT2D eigenvalue weighted by Crippen LogP contribution is -2.44. The minimum Gasteiger partial charge on any atom is -0.481 e. The summed E-state index contributed by atoms with van der Waals surface area (Å²) in [7, 11) is 0. The highest BCUT2D eigenvalue weighted by Crippen LogP contribution is 2.29. The number of amides is 1. The Morgan fingerprint density at radius 1 is 1.29 bits per heavy atom. The van der Waals surface area contributed by atoms with Crippen LogP contribution in [0.5, 0.6) is 0 Å². The van der Waals surface area contributed by atoms with Crippen molar-refractivity contribution in [2.75, 3.05) is 11.5 Å². The number of carboxylic acids is 1. The normalized spacial score (nSPS) is 28.7. The van der Waals surface area contributed by atoms with E-state index in [1.807, 2.05) is 0 Å². The van der Waals surface area contributed by atoms with Gasteiger partial charge >= 0.3 is 5.97 Å². The second kappa shape index (κ2) is 6.89. The number of nitrogens with one attached hydrogen (secondary N) is 1. The maximum Gasteiger partial charge on any atom is 0.313 e. The van der Waals surface area contributed by atoms with E-state index in [1.165, 1.54) is 12.8 Å². The second-order valence-electron chi connectivity index (χ2n) is 4.83. The lowest BCUT2D eigenvalue weighted by Gasteiger charge is -2.34. The molecule has 0 bridgehead atoms. The Kier molecular flexibility index (Phi) is 5.82. The molecule has 1 aliphatic carbocycles. The molecule has 1 aliphatic rings. The summed E-state index contributed by atoms with van der Waals surface area (Å²) in [5.74, 6) is 0.482. The number of thioether (sulfide) groups is 1. The number of carbonyl (C=O) groups is 2. The molecule has 4 nitrogen and oxygen atoms in total. The van der Waals surface area contributed by atoms with Crippen molar-refractivity contribution in [1.82, 2.24) is 5.32 Å². The molecule has 3 atom stereocenters. The van der Waals surface area contributed by atoms with Crippen molar-refractivity contribution in [3.63, 3.8) is 0 Å². The van der Waals surface area contributed by atoms with Gasteiger partial charge in [0.05, 0.1) is 11.5 Å². The fraction of sp³-hybridized carbons (Fsp3) is 0.833. The molecule has 5 heteroatoms. The predicted molar refractivity (Wildman–Crippen MR) is 69.1 cm³/mol. The van der Waals surface area contributed by atoms with Gasteiger partial charge in [0.25, 0.3) is 0 Å². The lowest BCUT2D eigenvalue weighted by molar-refractivity contribution is -0.133. The largest absolute Gasteiger partial charge is 0.481 e. The molecule has 0 aromatic heterocycles. The quantitative estimate of drug-likeness (QED) is 0.789. The van der Waals surface area contributed by atoms with E-state index < -0.39 is 5.97 Å². The summed E-state index contributed by atoms with van der Waals surface area (Å²) in [6.45, 7) is 4.40. The smallest absolute Gasteiger partial charge is 0.313 e. The summed E-state index contributed by atoms with van der Waals surface area (Å²) in [5.41, 5.74) is 0. The highest BCUT2D eigenvalue weighted by molar-refractivity contribution is 8.00. The molecule has 0 aromatic carbocycles. The summed E-state index contributed by atoms with van der Waals surface area (Å²) in [6, 6.07) is 0.261. The van der Waals surface area contributed by atoms with E-state index in [9.17, 15) is 9.59 Å². The minimum atomic E-state index is -0.873. The van der Waals surface area contributed by atoms with E-state index in [2.05, 4.69) is 19.2 Å². The van der Waals surface area contributed by atoms with Crippen LogP contribution in [0.1, 0.15) is 33.1 Å². The molecular formula is C12H21NO3S. The highest BCUT2D eigenvalue weighted by atomic mass is 32.2. The average Bonchev–Trinajstić information content (AvgIpc) is 2.24. The van der Waals surface area contributed by atoms with Gasteiger partial charge in [-0.2, -0.15) is 0 Å². The van der Waals surface area contributed by atoms with E-state index in [-0.39, 0.29) is 23.5 Å². The van der Waals surface area contributed by atoms with Crippen LogP contribution in [-0.2, 0) is 9.59 Å². The molecule has 1 fully saturated rings. The first-order chi connectivity index (χ1) is 8.00. The summed E-state index contributed by atoms with van der Waals surface area (Å²) in [4.78, 5) is 21.9. The van der Waals surface area contributed by atoms with Gasteiger partial charge in [0, 0.05) is 6.04 Å². The van der Waals surface area contributed by atoms with Gasteiger partial charge in [0.2, 0.25) is 5.91 Å². The molecule has 0 aliphatic heterocycles. The molecule has 98 valence electrons. The van der Waals surface area contributed by atoms with Gasteiger partial charge in [0.15, 0.2) is 0 Å². The first kappa shape index (κ1) is 14.4. The van der Waals surface area contributed by atoms with Crippen molar-refractivity contribution >= 4 is 23.6 Å². The van der Waals surface area contributed by atoms with Gasteiger partial charge in [-0.1, -0.05) is 26.7 Å². The van der Waals surface area contributed by atoms with Crippen LogP contribution in [0.15, 0.2) is 0 Å². The molecular weight excluding hydrogens is 238 g/mol. The van der Waals surface area contributed by atoms with Gasteiger partial charge < -0.3 is 10.4 Å². The maximum atomic E-state index is 11.6. The van der Waals surface area contributed by atoms with Crippen molar-refractivity contribution in [1.29, 1.82) is 0 Å². The Morgan fingerprint density at radius 3 is 2.65 bits per heavy atom. The second-order valence-corrected chi connectivity index (χ2v) is 5.81. The van der Waals surface area contributed by atoms with Gasteiger partial charge in [-0.15, -0.1) is 11.8 Å². The third kappa shape index (κ3) is 4.98. The van der Waals surface area contributed by atoms with E-state index in [0.29, 0.717) is 11.8 Å². The molecule has 0 radical (unpaired) electrons. The lowest BCUT2D eigenvalue weighted by atomic mass is 9.78. The van der Waals surface area contributed by atoms with E-state index in [4.69, 9.17) is 5.11 Å². The van der Waals surface area contributed by atoms with Gasteiger partial charge in [0.1, 0.15) is 0 Å². The van der Waals surface area contributed by atoms with Crippen LogP contribution in [0, 0.1) is 11.8 Å². The molecule has 0 aromatic rings. The molecule has 0 unspecified atom stereocenters. The molecule has 0 spiro atoms. The molecule has 1 rings (SSSR count). The van der Waals surface area contributed by atoms with E-state index in [0.717, 1.165) is 18.2 Å². The fourth-order valence-electron chi connectivity index (χ4n) is 2.27. The van der Waals surface area contributed by atoms with Crippen molar-refractivity contribution in [3.8, 4) is 0 Å². The van der Waals surface area contributed by atoms with Gasteiger partial charge in [-0.05, 0) is 18.3 Å². The van der Waals surface area contributed by atoms with Gasteiger partial charge in [-0.25, -0.2) is 0 Å². The SMILES string of the molecule is C[C@H]1[C@H](C)CCC[C@@H]1NC(=O)CSCC(=O)O. The third-order valence-electron chi connectivity index (χ3n) is 3.51. The Hall–Kier alpha value is -0.710. The van der Waals surface area contributed by atoms with Crippen molar-refractivity contribution in [3.05, 3.63) is 0 Å². The topological polar surface area (TPSA) is 66.4 Å². The number of aliphatic carboxylic acids is 1. The minimum absolute atomic E-state index is 0.00988. The van der Waals surface area contributed by atoms with Crippen molar-refractivity contribution in [2.24, 2.45) is 11.8 Å². The first-order valence-electron chi connectivity index (χ1n) is 6.09. The van der Waals surface area contributed by atoms with Crippen LogP contribution >= 0.6 is 11.8 Å². The van der Waals surface area contributed by atoms with Crippen LogP contribution in [0.4, 0.5) is 0 Å².